The van der Waals surface area contributed by atoms with Crippen LogP contribution >= 0.6 is 45.8 Å². The SMILES string of the molecule is CCC(/C=C1\Sc2ccc3sccc3c2N1CCCS(=O)(=O)[O-])=C\c1sc2ccc3sccc3c2[n+]1CCCS(=O)(=O)[O-].c1cc[nH+]cc1. The number of fused-ring (bicyclic) bond motifs is 6. The van der Waals surface area contributed by atoms with Gasteiger partial charge >= 0.3 is 0 Å². The highest BCUT2D eigenvalue weighted by Gasteiger charge is 2.28. The van der Waals surface area contributed by atoms with Gasteiger partial charge in [-0.1, -0.05) is 36.1 Å². The van der Waals surface area contributed by atoms with Gasteiger partial charge in [0.2, 0.25) is 5.52 Å². The molecule has 15 heteroatoms. The van der Waals surface area contributed by atoms with Crippen molar-refractivity contribution in [3.05, 3.63) is 99.4 Å². The Labute approximate surface area is 301 Å². The van der Waals surface area contributed by atoms with Crippen molar-refractivity contribution in [1.29, 1.82) is 0 Å². The largest absolute Gasteiger partial charge is 0.748 e. The number of aromatic amines is 1. The number of allylic oxidation sites excluding steroid dienone is 2. The normalized spacial score (nSPS) is 14.6. The van der Waals surface area contributed by atoms with Crippen molar-refractivity contribution >= 4 is 108 Å². The number of pyridine rings is 1. The third kappa shape index (κ3) is 8.78. The first-order valence-corrected chi connectivity index (χ1v) is 22.0. The fraction of sp³-hybridized carbons (Fsp3) is 0.235. The van der Waals surface area contributed by atoms with E-state index in [2.05, 4.69) is 69.9 Å². The van der Waals surface area contributed by atoms with Crippen molar-refractivity contribution in [2.75, 3.05) is 23.0 Å². The third-order valence-corrected chi connectivity index (χ3v) is 13.4. The Morgan fingerprint density at radius 2 is 1.51 bits per heavy atom. The van der Waals surface area contributed by atoms with Gasteiger partial charge in [-0.3, -0.25) is 0 Å². The van der Waals surface area contributed by atoms with Crippen molar-refractivity contribution in [2.45, 2.75) is 37.6 Å². The zero-order valence-corrected chi connectivity index (χ0v) is 31.3. The number of rotatable bonds is 11. The van der Waals surface area contributed by atoms with Gasteiger partial charge in [0.05, 0.1) is 36.3 Å². The van der Waals surface area contributed by atoms with Crippen LogP contribution in [0.15, 0.2) is 99.3 Å². The lowest BCUT2D eigenvalue weighted by Gasteiger charge is -2.22. The molecule has 5 heterocycles. The molecule has 6 aromatic rings. The molecule has 0 unspecified atom stereocenters. The summed E-state index contributed by atoms with van der Waals surface area (Å²) in [5.74, 6) is -0.852. The Bertz CT molecular complexity index is 2350. The van der Waals surface area contributed by atoms with Crippen molar-refractivity contribution < 1.29 is 35.5 Å². The zero-order valence-electron chi connectivity index (χ0n) is 26.4. The molecule has 0 aliphatic carbocycles. The maximum absolute atomic E-state index is 11.4. The number of aryl methyl sites for hydroxylation is 1. The highest BCUT2D eigenvalue weighted by Crippen LogP contribution is 2.50. The molecule has 1 aliphatic heterocycles. The number of nitrogens with one attached hydrogen (secondary N) is 1. The molecule has 0 bridgehead atoms. The minimum atomic E-state index is -4.33. The van der Waals surface area contributed by atoms with Crippen LogP contribution in [-0.2, 0) is 26.8 Å². The van der Waals surface area contributed by atoms with Gasteiger partial charge in [-0.25, -0.2) is 21.8 Å². The molecule has 256 valence electrons. The molecule has 49 heavy (non-hydrogen) atoms. The van der Waals surface area contributed by atoms with Gasteiger partial charge in [0.15, 0.2) is 18.9 Å². The van der Waals surface area contributed by atoms with Crippen LogP contribution in [0.1, 0.15) is 31.2 Å². The van der Waals surface area contributed by atoms with Crippen LogP contribution in [0.5, 0.6) is 0 Å². The van der Waals surface area contributed by atoms with Gasteiger partial charge in [-0.15, -0.1) is 22.7 Å². The first kappa shape index (κ1) is 35.7. The summed E-state index contributed by atoms with van der Waals surface area (Å²) in [5.41, 5.74) is 3.10. The van der Waals surface area contributed by atoms with E-state index in [1.54, 1.807) is 45.8 Å². The number of anilines is 1. The summed E-state index contributed by atoms with van der Waals surface area (Å²) < 4.78 is 73.7. The van der Waals surface area contributed by atoms with E-state index < -0.39 is 31.7 Å². The van der Waals surface area contributed by atoms with Crippen LogP contribution in [-0.4, -0.2) is 44.0 Å². The van der Waals surface area contributed by atoms with Crippen molar-refractivity contribution in [3.8, 4) is 0 Å². The van der Waals surface area contributed by atoms with Crippen molar-refractivity contribution in [1.82, 2.24) is 0 Å². The second-order valence-corrected chi connectivity index (χ2v) is 18.3. The topological polar surface area (TPSA) is 136 Å². The zero-order chi connectivity index (χ0) is 34.6. The lowest BCUT2D eigenvalue weighted by Crippen LogP contribution is -2.36. The molecule has 0 spiro atoms. The summed E-state index contributed by atoms with van der Waals surface area (Å²) in [6.07, 6.45) is 9.13. The minimum Gasteiger partial charge on any atom is -0.748 e. The molecule has 0 atom stereocenters. The monoisotopic (exact) mass is 771 g/mol. The van der Waals surface area contributed by atoms with Crippen LogP contribution < -0.4 is 14.5 Å². The number of aromatic nitrogens is 2. The molecule has 7 rings (SSSR count). The number of thiophene rings is 2. The molecular formula is C34H33N3O6S6. The lowest BCUT2D eigenvalue weighted by atomic mass is 10.1. The number of thioether (sulfide) groups is 1. The second kappa shape index (κ2) is 15.4. The van der Waals surface area contributed by atoms with Crippen LogP contribution in [0.2, 0.25) is 0 Å². The summed E-state index contributed by atoms with van der Waals surface area (Å²) in [4.78, 5) is 6.09. The summed E-state index contributed by atoms with van der Waals surface area (Å²) in [6.45, 7) is 2.85. The van der Waals surface area contributed by atoms with E-state index in [-0.39, 0.29) is 12.8 Å². The summed E-state index contributed by atoms with van der Waals surface area (Å²) in [6, 6.07) is 18.4. The molecule has 1 N–H and O–H groups in total. The van der Waals surface area contributed by atoms with Crippen LogP contribution in [0.4, 0.5) is 5.69 Å². The molecular weight excluding hydrogens is 739 g/mol. The van der Waals surface area contributed by atoms with Crippen molar-refractivity contribution in [2.24, 2.45) is 0 Å². The Hall–Kier alpha value is -3.15. The molecule has 1 aliphatic rings. The standard InChI is InChI=1S/C29H28N2O6S6.C5H5N/c1-2-19(17-26-30(11-3-15-42(32,33)34)28-20-9-13-38-22(20)5-7-24(28)40-26)18-27-31(12-4-16-43(35,36)37)29-21-10-14-39-23(21)6-8-25(29)41-27;1-2-4-6-5-3-1/h5-10,13-14,17-18H,2-4,11-12,15-16H2,1H3,(H-,32,33,34,35,36,37);1-5H. The third-order valence-electron chi connectivity index (χ3n) is 7.83. The molecule has 2 aromatic carbocycles. The highest BCUT2D eigenvalue weighted by molar-refractivity contribution is 8.03. The highest BCUT2D eigenvalue weighted by atomic mass is 32.2. The van der Waals surface area contributed by atoms with Gasteiger partial charge in [0.25, 0.3) is 5.01 Å². The Balaban J connectivity index is 0.000000628. The van der Waals surface area contributed by atoms with E-state index in [0.29, 0.717) is 19.5 Å². The lowest BCUT2D eigenvalue weighted by molar-refractivity contribution is -0.667. The average Bonchev–Trinajstić information content (AvgIpc) is 3.86. The van der Waals surface area contributed by atoms with E-state index in [0.717, 1.165) is 56.6 Å². The maximum Gasteiger partial charge on any atom is 0.263 e. The van der Waals surface area contributed by atoms with Gasteiger partial charge in [-0.2, -0.15) is 4.57 Å². The fourth-order valence-electron chi connectivity index (χ4n) is 5.66. The average molecular weight is 772 g/mol. The van der Waals surface area contributed by atoms with Crippen LogP contribution in [0, 0.1) is 0 Å². The van der Waals surface area contributed by atoms with E-state index in [4.69, 9.17) is 0 Å². The second-order valence-electron chi connectivity index (χ2n) is 11.2. The Morgan fingerprint density at radius 3 is 2.16 bits per heavy atom. The number of benzene rings is 2. The Morgan fingerprint density at radius 1 is 0.857 bits per heavy atom. The van der Waals surface area contributed by atoms with E-state index in [9.17, 15) is 25.9 Å². The first-order chi connectivity index (χ1) is 23.5. The maximum atomic E-state index is 11.4. The van der Waals surface area contributed by atoms with E-state index in [1.165, 1.54) is 0 Å². The number of hydrogen-bond acceptors (Lipinski definition) is 11. The molecule has 0 amide bonds. The predicted octanol–water partition coefficient (Wildman–Crippen LogP) is 7.24. The van der Waals surface area contributed by atoms with Crippen LogP contribution in [0.25, 0.3) is 36.5 Å². The molecule has 0 fully saturated rings. The quantitative estimate of drug-likeness (QED) is 0.0995. The summed E-state index contributed by atoms with van der Waals surface area (Å²) in [7, 11) is -8.65. The summed E-state index contributed by atoms with van der Waals surface area (Å²) >= 11 is 6.54. The molecule has 9 nitrogen and oxygen atoms in total. The van der Waals surface area contributed by atoms with Gasteiger partial charge in [0.1, 0.15) is 4.70 Å². The van der Waals surface area contributed by atoms with E-state index >= 15 is 0 Å². The Kier molecular flexibility index (Phi) is 11.2. The molecule has 0 radical (unpaired) electrons. The number of hydrogen-bond donors (Lipinski definition) is 0. The van der Waals surface area contributed by atoms with Gasteiger partial charge < -0.3 is 14.0 Å². The predicted molar refractivity (Wildman–Crippen MR) is 200 cm³/mol. The van der Waals surface area contributed by atoms with E-state index in [1.807, 2.05) is 41.4 Å². The first-order valence-electron chi connectivity index (χ1n) is 15.5. The number of H-pyrrole nitrogens is 1. The number of thiazole rings is 1. The fourth-order valence-corrected chi connectivity index (χ4v) is 10.6. The summed E-state index contributed by atoms with van der Waals surface area (Å²) in [5, 5.41) is 8.18. The van der Waals surface area contributed by atoms with Gasteiger partial charge in [0, 0.05) is 62.4 Å². The molecule has 0 saturated heterocycles. The van der Waals surface area contributed by atoms with Gasteiger partial charge in [-0.05, 0) is 71.6 Å². The number of nitrogens with zero attached hydrogens (tertiary/aromatic N) is 2. The minimum absolute atomic E-state index is 0.213. The molecule has 4 aromatic heterocycles. The van der Waals surface area contributed by atoms with Crippen molar-refractivity contribution in [3.63, 3.8) is 0 Å². The van der Waals surface area contributed by atoms with Crippen LogP contribution in [0.3, 0.4) is 0 Å². The smallest absolute Gasteiger partial charge is 0.263 e. The molecule has 0 saturated carbocycles.